The minimum Gasteiger partial charge on any atom is -0.390 e. The van der Waals surface area contributed by atoms with Gasteiger partial charge in [-0.3, -0.25) is 0 Å². The van der Waals surface area contributed by atoms with Crippen LogP contribution >= 0.6 is 0 Å². The Hall–Kier alpha value is -3.44. The molecule has 54 heavy (non-hydrogen) atoms. The van der Waals surface area contributed by atoms with Gasteiger partial charge in [0.1, 0.15) is 17.3 Å². The number of ether oxygens (including phenoxy) is 5. The molecule has 286 valence electrons. The van der Waals surface area contributed by atoms with Crippen LogP contribution in [0.2, 0.25) is 0 Å². The first-order valence-corrected chi connectivity index (χ1v) is 19.6. The van der Waals surface area contributed by atoms with Crippen molar-refractivity contribution in [2.75, 3.05) is 0 Å². The summed E-state index contributed by atoms with van der Waals surface area (Å²) >= 11 is 0. The summed E-state index contributed by atoms with van der Waals surface area (Å²) in [6.07, 6.45) is -2.97. The number of rotatable bonds is 15. The zero-order chi connectivity index (χ0) is 37.5. The summed E-state index contributed by atoms with van der Waals surface area (Å²) in [5.74, 6) is -1.08. The zero-order valence-electron chi connectivity index (χ0n) is 31.4. The van der Waals surface area contributed by atoms with Gasteiger partial charge in [0, 0.05) is 24.2 Å². The van der Waals surface area contributed by atoms with E-state index in [-0.39, 0.29) is 43.0 Å². The highest BCUT2D eigenvalue weighted by atomic mass is 16.6. The van der Waals surface area contributed by atoms with Gasteiger partial charge in [-0.25, -0.2) is 0 Å². The SMILES string of the molecule is CCC1C(OCc2ccccc2)C(OCc2ccccc2)C2C(CC3(O)C(O)C4C(C)C(OCc5ccccc5)C(OCc5ccccc5)C43O)OC12C. The molecule has 3 N–H and O–H groups in total. The number of fused-ring (bicyclic) bond motifs is 2. The van der Waals surface area contributed by atoms with Gasteiger partial charge in [-0.05, 0) is 41.5 Å². The summed E-state index contributed by atoms with van der Waals surface area (Å²) in [7, 11) is 0. The van der Waals surface area contributed by atoms with Crippen molar-refractivity contribution >= 4 is 0 Å². The first-order valence-electron chi connectivity index (χ1n) is 19.6. The minimum atomic E-state index is -1.92. The molecule has 13 unspecified atom stereocenters. The van der Waals surface area contributed by atoms with Crippen LogP contribution < -0.4 is 0 Å². The fraction of sp³-hybridized carbons (Fsp3) is 0.478. The molecule has 0 radical (unpaired) electrons. The lowest BCUT2D eigenvalue weighted by Gasteiger charge is -2.64. The van der Waals surface area contributed by atoms with Crippen LogP contribution in [0.1, 0.15) is 55.9 Å². The third-order valence-electron chi connectivity index (χ3n) is 13.2. The van der Waals surface area contributed by atoms with Crippen LogP contribution in [0.3, 0.4) is 0 Å². The van der Waals surface area contributed by atoms with Crippen molar-refractivity contribution in [3.05, 3.63) is 144 Å². The molecule has 4 aromatic carbocycles. The number of benzene rings is 4. The lowest BCUT2D eigenvalue weighted by atomic mass is 9.51. The van der Waals surface area contributed by atoms with Gasteiger partial charge in [-0.15, -0.1) is 0 Å². The van der Waals surface area contributed by atoms with Gasteiger partial charge in [0.2, 0.25) is 0 Å². The highest BCUT2D eigenvalue weighted by Gasteiger charge is 2.82. The Bertz CT molecular complexity index is 1810. The van der Waals surface area contributed by atoms with E-state index in [9.17, 15) is 15.3 Å². The van der Waals surface area contributed by atoms with Gasteiger partial charge in [-0.2, -0.15) is 0 Å². The average Bonchev–Trinajstić information content (AvgIpc) is 3.52. The Morgan fingerprint density at radius 2 is 1.02 bits per heavy atom. The molecule has 4 aromatic rings. The number of hydrogen-bond donors (Lipinski definition) is 3. The predicted molar refractivity (Wildman–Crippen MR) is 204 cm³/mol. The van der Waals surface area contributed by atoms with Crippen LogP contribution in [-0.2, 0) is 50.1 Å². The molecular weight excluding hydrogens is 680 g/mol. The van der Waals surface area contributed by atoms with E-state index in [1.54, 1.807) is 0 Å². The number of aliphatic hydroxyl groups excluding tert-OH is 1. The molecule has 1 aliphatic heterocycles. The summed E-state index contributed by atoms with van der Waals surface area (Å²) in [6.45, 7) is 7.63. The van der Waals surface area contributed by atoms with Crippen LogP contribution in [0.25, 0.3) is 0 Å². The van der Waals surface area contributed by atoms with E-state index in [0.29, 0.717) is 19.8 Å². The van der Waals surface area contributed by atoms with Gasteiger partial charge in [0.05, 0.1) is 62.5 Å². The topological polar surface area (TPSA) is 107 Å². The maximum Gasteiger partial charge on any atom is 0.130 e. The second kappa shape index (κ2) is 15.2. The predicted octanol–water partition coefficient (Wildman–Crippen LogP) is 6.63. The Morgan fingerprint density at radius 1 is 0.593 bits per heavy atom. The number of hydrogen-bond acceptors (Lipinski definition) is 8. The van der Waals surface area contributed by atoms with Crippen molar-refractivity contribution in [2.24, 2.45) is 23.7 Å². The third kappa shape index (κ3) is 6.35. The molecule has 0 amide bonds. The van der Waals surface area contributed by atoms with E-state index < -0.39 is 47.1 Å². The lowest BCUT2D eigenvalue weighted by Crippen LogP contribution is -2.82. The van der Waals surface area contributed by atoms with Gasteiger partial charge in [0.15, 0.2) is 0 Å². The maximum atomic E-state index is 12.8. The Balaban J connectivity index is 1.07. The lowest BCUT2D eigenvalue weighted by molar-refractivity contribution is -0.369. The second-order valence-electron chi connectivity index (χ2n) is 16.2. The maximum absolute atomic E-state index is 12.8. The highest BCUT2D eigenvalue weighted by molar-refractivity contribution is 5.33. The molecule has 8 nitrogen and oxygen atoms in total. The molecule has 0 spiro atoms. The van der Waals surface area contributed by atoms with Gasteiger partial charge in [-0.1, -0.05) is 135 Å². The van der Waals surface area contributed by atoms with Crippen molar-refractivity contribution in [2.45, 2.75) is 113 Å². The van der Waals surface area contributed by atoms with Crippen molar-refractivity contribution in [3.8, 4) is 0 Å². The van der Waals surface area contributed by atoms with E-state index in [0.717, 1.165) is 28.7 Å². The first kappa shape index (κ1) is 37.5. The molecule has 0 bridgehead atoms. The Labute approximate surface area is 319 Å². The molecule has 8 rings (SSSR count). The van der Waals surface area contributed by atoms with Crippen molar-refractivity contribution < 1.29 is 39.0 Å². The van der Waals surface area contributed by atoms with E-state index in [1.165, 1.54) is 0 Å². The summed E-state index contributed by atoms with van der Waals surface area (Å²) in [4.78, 5) is 0. The third-order valence-corrected chi connectivity index (χ3v) is 13.2. The van der Waals surface area contributed by atoms with Crippen molar-refractivity contribution in [3.63, 3.8) is 0 Å². The molecule has 0 aromatic heterocycles. The number of aliphatic hydroxyl groups is 3. The summed E-state index contributed by atoms with van der Waals surface area (Å²) < 4.78 is 33.5. The largest absolute Gasteiger partial charge is 0.390 e. The monoisotopic (exact) mass is 734 g/mol. The van der Waals surface area contributed by atoms with Crippen LogP contribution in [-0.4, -0.2) is 68.7 Å². The fourth-order valence-corrected chi connectivity index (χ4v) is 10.6. The second-order valence-corrected chi connectivity index (χ2v) is 16.2. The van der Waals surface area contributed by atoms with Gasteiger partial charge >= 0.3 is 0 Å². The smallest absolute Gasteiger partial charge is 0.130 e. The van der Waals surface area contributed by atoms with E-state index in [4.69, 9.17) is 23.7 Å². The Kier molecular flexibility index (Phi) is 10.6. The molecule has 8 heteroatoms. The quantitative estimate of drug-likeness (QED) is 0.125. The van der Waals surface area contributed by atoms with Gasteiger partial charge < -0.3 is 39.0 Å². The molecule has 1 heterocycles. The molecule has 3 aliphatic carbocycles. The molecule has 13 atom stereocenters. The molecule has 4 aliphatic rings. The minimum absolute atomic E-state index is 0.0117. The summed E-state index contributed by atoms with van der Waals surface area (Å²) in [5, 5.41) is 37.4. The van der Waals surface area contributed by atoms with E-state index in [1.807, 2.05) is 104 Å². The summed E-state index contributed by atoms with van der Waals surface area (Å²) in [6, 6.07) is 39.9. The first-order chi connectivity index (χ1) is 26.2. The van der Waals surface area contributed by atoms with Crippen molar-refractivity contribution in [1.29, 1.82) is 0 Å². The highest BCUT2D eigenvalue weighted by Crippen LogP contribution is 2.66. The fourth-order valence-electron chi connectivity index (χ4n) is 10.6. The van der Waals surface area contributed by atoms with E-state index >= 15 is 0 Å². The van der Waals surface area contributed by atoms with Crippen LogP contribution in [0.5, 0.6) is 0 Å². The average molecular weight is 735 g/mol. The van der Waals surface area contributed by atoms with Crippen LogP contribution in [0.4, 0.5) is 0 Å². The van der Waals surface area contributed by atoms with E-state index in [2.05, 4.69) is 38.1 Å². The normalized spacial score (nSPS) is 38.0. The Morgan fingerprint density at radius 3 is 1.48 bits per heavy atom. The van der Waals surface area contributed by atoms with Crippen molar-refractivity contribution in [1.82, 2.24) is 0 Å². The van der Waals surface area contributed by atoms with Crippen LogP contribution in [0.15, 0.2) is 121 Å². The molecule has 4 fully saturated rings. The summed E-state index contributed by atoms with van der Waals surface area (Å²) in [5.41, 5.74) is -0.212. The standard InChI is InChI=1S/C46H54O8/c1-4-35-40(51-27-32-19-11-6-12-20-32)41(52-28-33-21-13-7-14-22-33)38-36(54-44(35,38)3)25-45(48)42(47)37-30(2)39(50-26-31-17-9-5-10-18-31)43(46(37,45)49)53-29-34-23-15-8-16-24-34/h5-24,30,35-43,47-49H,4,25-29H2,1-3H3. The molecular formula is C46H54O8. The van der Waals surface area contributed by atoms with Crippen LogP contribution in [0, 0.1) is 23.7 Å². The molecule has 3 saturated carbocycles. The zero-order valence-corrected chi connectivity index (χ0v) is 31.4. The molecule has 1 saturated heterocycles. The van der Waals surface area contributed by atoms with Gasteiger partial charge in [0.25, 0.3) is 0 Å².